The standard InChI is InChI=1S/C16H25FN2O2/c1-5-9-19-16(20)12(4)21-15-8-7-13(17)10-14(15)11(3)18-6-2/h7-8,10-12,18H,5-6,9H2,1-4H3,(H,19,20). The molecule has 0 aliphatic carbocycles. The summed E-state index contributed by atoms with van der Waals surface area (Å²) < 4.78 is 19.2. The van der Waals surface area contributed by atoms with Crippen LogP contribution in [0.15, 0.2) is 18.2 Å². The fourth-order valence-electron chi connectivity index (χ4n) is 2.02. The maximum atomic E-state index is 13.4. The van der Waals surface area contributed by atoms with Gasteiger partial charge in [-0.05, 0) is 45.0 Å². The van der Waals surface area contributed by atoms with Gasteiger partial charge >= 0.3 is 0 Å². The Balaban J connectivity index is 2.84. The molecule has 2 unspecified atom stereocenters. The summed E-state index contributed by atoms with van der Waals surface area (Å²) in [6.45, 7) is 8.99. The maximum absolute atomic E-state index is 13.4. The lowest BCUT2D eigenvalue weighted by atomic mass is 10.1. The molecule has 0 saturated heterocycles. The molecule has 0 radical (unpaired) electrons. The number of carbonyl (C=O) groups excluding carboxylic acids is 1. The van der Waals surface area contributed by atoms with E-state index >= 15 is 0 Å². The molecule has 0 aliphatic rings. The smallest absolute Gasteiger partial charge is 0.260 e. The summed E-state index contributed by atoms with van der Waals surface area (Å²) in [6.07, 6.45) is 0.257. The third kappa shape index (κ3) is 5.34. The Morgan fingerprint density at radius 2 is 2.05 bits per heavy atom. The van der Waals surface area contributed by atoms with Crippen molar-refractivity contribution in [3.05, 3.63) is 29.6 Å². The SMILES string of the molecule is CCCNC(=O)C(C)Oc1ccc(F)cc1C(C)NCC. The number of ether oxygens (including phenoxy) is 1. The van der Waals surface area contributed by atoms with E-state index in [-0.39, 0.29) is 17.8 Å². The van der Waals surface area contributed by atoms with Gasteiger partial charge in [-0.1, -0.05) is 13.8 Å². The molecule has 21 heavy (non-hydrogen) atoms. The summed E-state index contributed by atoms with van der Waals surface area (Å²) in [5, 5.41) is 6.00. The predicted octanol–water partition coefficient (Wildman–Crippen LogP) is 2.79. The highest BCUT2D eigenvalue weighted by Gasteiger charge is 2.18. The van der Waals surface area contributed by atoms with Crippen LogP contribution in [0.4, 0.5) is 4.39 Å². The molecule has 2 atom stereocenters. The minimum Gasteiger partial charge on any atom is -0.481 e. The molecule has 1 amide bonds. The van der Waals surface area contributed by atoms with Crippen molar-refractivity contribution < 1.29 is 13.9 Å². The van der Waals surface area contributed by atoms with E-state index in [0.717, 1.165) is 13.0 Å². The van der Waals surface area contributed by atoms with E-state index in [0.29, 0.717) is 17.9 Å². The molecule has 118 valence electrons. The largest absolute Gasteiger partial charge is 0.481 e. The average Bonchev–Trinajstić information content (AvgIpc) is 2.46. The van der Waals surface area contributed by atoms with E-state index < -0.39 is 6.10 Å². The molecule has 0 aromatic heterocycles. The van der Waals surface area contributed by atoms with E-state index in [9.17, 15) is 9.18 Å². The lowest BCUT2D eigenvalue weighted by Crippen LogP contribution is -2.37. The van der Waals surface area contributed by atoms with Gasteiger partial charge < -0.3 is 15.4 Å². The quantitative estimate of drug-likeness (QED) is 0.775. The maximum Gasteiger partial charge on any atom is 0.260 e. The molecule has 0 spiro atoms. The van der Waals surface area contributed by atoms with Crippen molar-refractivity contribution in [3.63, 3.8) is 0 Å². The molecule has 1 rings (SSSR count). The van der Waals surface area contributed by atoms with Crippen LogP contribution in [0.3, 0.4) is 0 Å². The Bertz CT molecular complexity index is 466. The zero-order chi connectivity index (χ0) is 15.8. The second-order valence-corrected chi connectivity index (χ2v) is 5.01. The highest BCUT2D eigenvalue weighted by atomic mass is 19.1. The zero-order valence-electron chi connectivity index (χ0n) is 13.2. The van der Waals surface area contributed by atoms with Gasteiger partial charge in [0.05, 0.1) is 0 Å². The van der Waals surface area contributed by atoms with Gasteiger partial charge in [-0.2, -0.15) is 0 Å². The van der Waals surface area contributed by atoms with Gasteiger partial charge in [0, 0.05) is 18.2 Å². The van der Waals surface area contributed by atoms with Crippen LogP contribution in [0.25, 0.3) is 0 Å². The van der Waals surface area contributed by atoms with Gasteiger partial charge in [0.2, 0.25) is 0 Å². The summed E-state index contributed by atoms with van der Waals surface area (Å²) in [5.74, 6) is 0.0532. The van der Waals surface area contributed by atoms with E-state index in [1.807, 2.05) is 20.8 Å². The van der Waals surface area contributed by atoms with Crippen LogP contribution < -0.4 is 15.4 Å². The predicted molar refractivity (Wildman–Crippen MR) is 81.9 cm³/mol. The number of rotatable bonds is 8. The van der Waals surface area contributed by atoms with Gasteiger partial charge in [-0.25, -0.2) is 4.39 Å². The number of hydrogen-bond acceptors (Lipinski definition) is 3. The first-order valence-corrected chi connectivity index (χ1v) is 7.46. The molecule has 0 heterocycles. The van der Waals surface area contributed by atoms with Crippen LogP contribution in [0.1, 0.15) is 45.7 Å². The topological polar surface area (TPSA) is 50.4 Å². The van der Waals surface area contributed by atoms with E-state index in [1.54, 1.807) is 13.0 Å². The van der Waals surface area contributed by atoms with Crippen molar-refractivity contribution in [1.82, 2.24) is 10.6 Å². The molecule has 1 aromatic carbocycles. The molecule has 1 aromatic rings. The van der Waals surface area contributed by atoms with Crippen molar-refractivity contribution in [2.75, 3.05) is 13.1 Å². The van der Waals surface area contributed by atoms with E-state index in [1.165, 1.54) is 12.1 Å². The number of amides is 1. The fraction of sp³-hybridized carbons (Fsp3) is 0.562. The molecule has 0 fully saturated rings. The average molecular weight is 296 g/mol. The molecule has 2 N–H and O–H groups in total. The Hall–Kier alpha value is -1.62. The summed E-state index contributed by atoms with van der Waals surface area (Å²) in [5.41, 5.74) is 0.715. The van der Waals surface area contributed by atoms with Crippen molar-refractivity contribution in [2.24, 2.45) is 0 Å². The molecule has 5 heteroatoms. The van der Waals surface area contributed by atoms with Crippen LogP contribution >= 0.6 is 0 Å². The Morgan fingerprint density at radius 1 is 1.33 bits per heavy atom. The van der Waals surface area contributed by atoms with Gasteiger partial charge in [0.15, 0.2) is 6.10 Å². The van der Waals surface area contributed by atoms with Gasteiger partial charge in [0.25, 0.3) is 5.91 Å². The van der Waals surface area contributed by atoms with Crippen LogP contribution in [0.5, 0.6) is 5.75 Å². The minimum atomic E-state index is -0.616. The van der Waals surface area contributed by atoms with Crippen LogP contribution in [-0.2, 0) is 4.79 Å². The lowest BCUT2D eigenvalue weighted by Gasteiger charge is -2.20. The number of hydrogen-bond donors (Lipinski definition) is 2. The fourth-order valence-corrected chi connectivity index (χ4v) is 2.02. The van der Waals surface area contributed by atoms with Gasteiger partial charge in [-0.15, -0.1) is 0 Å². The molecule has 0 bridgehead atoms. The zero-order valence-corrected chi connectivity index (χ0v) is 13.2. The summed E-state index contributed by atoms with van der Waals surface area (Å²) in [6, 6.07) is 4.31. The molecular formula is C16H25FN2O2. The summed E-state index contributed by atoms with van der Waals surface area (Å²) >= 11 is 0. The first kappa shape index (κ1) is 17.4. The number of halogens is 1. The summed E-state index contributed by atoms with van der Waals surface area (Å²) in [4.78, 5) is 11.9. The highest BCUT2D eigenvalue weighted by Crippen LogP contribution is 2.27. The lowest BCUT2D eigenvalue weighted by molar-refractivity contribution is -0.127. The second kappa shape index (κ2) is 8.62. The second-order valence-electron chi connectivity index (χ2n) is 5.01. The molecular weight excluding hydrogens is 271 g/mol. The van der Waals surface area contributed by atoms with Crippen molar-refractivity contribution in [3.8, 4) is 5.75 Å². The van der Waals surface area contributed by atoms with Gasteiger partial charge in [-0.3, -0.25) is 4.79 Å². The van der Waals surface area contributed by atoms with E-state index in [2.05, 4.69) is 10.6 Å². The molecule has 4 nitrogen and oxygen atoms in total. The van der Waals surface area contributed by atoms with Crippen LogP contribution in [0.2, 0.25) is 0 Å². The van der Waals surface area contributed by atoms with Crippen molar-refractivity contribution in [1.29, 1.82) is 0 Å². The van der Waals surface area contributed by atoms with Crippen molar-refractivity contribution in [2.45, 2.75) is 46.3 Å². The number of benzene rings is 1. The third-order valence-corrected chi connectivity index (χ3v) is 3.17. The Morgan fingerprint density at radius 3 is 2.67 bits per heavy atom. The number of nitrogens with one attached hydrogen (secondary N) is 2. The normalized spacial score (nSPS) is 13.6. The van der Waals surface area contributed by atoms with Crippen molar-refractivity contribution >= 4 is 5.91 Å². The highest BCUT2D eigenvalue weighted by molar-refractivity contribution is 5.80. The Labute approximate surface area is 126 Å². The first-order chi connectivity index (χ1) is 9.99. The van der Waals surface area contributed by atoms with Gasteiger partial charge in [0.1, 0.15) is 11.6 Å². The van der Waals surface area contributed by atoms with Crippen LogP contribution in [-0.4, -0.2) is 25.1 Å². The van der Waals surface area contributed by atoms with E-state index in [4.69, 9.17) is 4.74 Å². The monoisotopic (exact) mass is 296 g/mol. The third-order valence-electron chi connectivity index (χ3n) is 3.17. The molecule has 0 aliphatic heterocycles. The number of carbonyl (C=O) groups is 1. The first-order valence-electron chi connectivity index (χ1n) is 7.46. The minimum absolute atomic E-state index is 0.0494. The summed E-state index contributed by atoms with van der Waals surface area (Å²) in [7, 11) is 0. The Kier molecular flexibility index (Phi) is 7.15. The molecule has 0 saturated carbocycles. The van der Waals surface area contributed by atoms with Crippen LogP contribution in [0, 0.1) is 5.82 Å².